The summed E-state index contributed by atoms with van der Waals surface area (Å²) < 4.78 is 12.0. The Morgan fingerprint density at radius 3 is 2.17 bits per heavy atom. The van der Waals surface area contributed by atoms with Crippen LogP contribution in [0, 0.1) is 0 Å². The van der Waals surface area contributed by atoms with Gasteiger partial charge >= 0.3 is 11.9 Å². The van der Waals surface area contributed by atoms with Crippen molar-refractivity contribution < 1.29 is 19.1 Å². The molecule has 0 N–H and O–H groups in total. The third kappa shape index (κ3) is 2.34. The van der Waals surface area contributed by atoms with Crippen molar-refractivity contribution in [1.82, 2.24) is 4.57 Å². The zero-order chi connectivity index (χ0) is 13.3. The zero-order valence-corrected chi connectivity index (χ0v) is 10.4. The van der Waals surface area contributed by atoms with Crippen LogP contribution in [0.15, 0.2) is 24.4 Å². The average Bonchev–Trinajstić information content (AvgIpc) is 2.59. The van der Waals surface area contributed by atoms with Gasteiger partial charge in [-0.05, 0) is 12.1 Å². The Hall–Kier alpha value is -2.30. The quantitative estimate of drug-likeness (QED) is 0.602. The van der Waals surface area contributed by atoms with E-state index in [1.807, 2.05) is 23.9 Å². The number of nitrogens with zero attached hydrogens (tertiary/aromatic N) is 1. The van der Waals surface area contributed by atoms with Gasteiger partial charge in [0, 0.05) is 38.5 Å². The minimum Gasteiger partial charge on any atom is -0.423 e. The molecule has 0 bridgehead atoms. The number of hydrogen-bond donors (Lipinski definition) is 0. The van der Waals surface area contributed by atoms with Crippen LogP contribution in [0.4, 0.5) is 0 Å². The van der Waals surface area contributed by atoms with Crippen molar-refractivity contribution in [3.63, 3.8) is 0 Å². The molecular weight excluding hydrogens is 234 g/mol. The third-order valence-electron chi connectivity index (χ3n) is 2.46. The second-order valence-electron chi connectivity index (χ2n) is 3.97. The largest absolute Gasteiger partial charge is 0.423 e. The molecule has 0 aliphatic rings. The molecule has 0 saturated heterocycles. The molecule has 5 heteroatoms. The van der Waals surface area contributed by atoms with Crippen LogP contribution in [0.1, 0.15) is 13.8 Å². The maximum Gasteiger partial charge on any atom is 0.308 e. The van der Waals surface area contributed by atoms with Gasteiger partial charge in [-0.2, -0.15) is 0 Å². The summed E-state index contributed by atoms with van der Waals surface area (Å²) in [4.78, 5) is 22.1. The van der Waals surface area contributed by atoms with Crippen LogP contribution in [0.3, 0.4) is 0 Å². The predicted octanol–water partition coefficient (Wildman–Crippen LogP) is 2.03. The van der Waals surface area contributed by atoms with Crippen molar-refractivity contribution in [3.8, 4) is 11.5 Å². The van der Waals surface area contributed by atoms with E-state index in [-0.39, 0.29) is 11.5 Å². The molecule has 0 fully saturated rings. The average molecular weight is 247 g/mol. The molecule has 0 spiro atoms. The molecular formula is C13H13NO4. The van der Waals surface area contributed by atoms with Gasteiger partial charge in [-0.15, -0.1) is 0 Å². The van der Waals surface area contributed by atoms with Crippen LogP contribution in [0.25, 0.3) is 10.9 Å². The monoisotopic (exact) mass is 247 g/mol. The first kappa shape index (κ1) is 12.2. The molecule has 0 unspecified atom stereocenters. The number of rotatable bonds is 2. The zero-order valence-electron chi connectivity index (χ0n) is 10.4. The van der Waals surface area contributed by atoms with Crippen molar-refractivity contribution in [2.45, 2.75) is 13.8 Å². The summed E-state index contributed by atoms with van der Waals surface area (Å²) in [6, 6.07) is 5.24. The number of aryl methyl sites for hydroxylation is 1. The highest BCUT2D eigenvalue weighted by Gasteiger charge is 2.13. The van der Waals surface area contributed by atoms with Crippen molar-refractivity contribution in [2.24, 2.45) is 7.05 Å². The van der Waals surface area contributed by atoms with E-state index in [2.05, 4.69) is 0 Å². The number of ether oxygens (including phenoxy) is 2. The Kier molecular flexibility index (Phi) is 3.06. The van der Waals surface area contributed by atoms with E-state index in [0.29, 0.717) is 0 Å². The molecule has 5 nitrogen and oxygen atoms in total. The standard InChI is InChI=1S/C13H13NO4/c1-8(15)17-12-6-10-4-5-14(3)11(10)7-13(12)18-9(2)16/h4-7H,1-3H3. The summed E-state index contributed by atoms with van der Waals surface area (Å²) in [6.07, 6.45) is 1.87. The molecule has 0 radical (unpaired) electrons. The van der Waals surface area contributed by atoms with E-state index in [1.165, 1.54) is 13.8 Å². The topological polar surface area (TPSA) is 57.5 Å². The molecule has 0 aliphatic heterocycles. The molecule has 0 saturated carbocycles. The predicted molar refractivity (Wildman–Crippen MR) is 65.5 cm³/mol. The summed E-state index contributed by atoms with van der Waals surface area (Å²) in [5.74, 6) is -0.431. The van der Waals surface area contributed by atoms with Gasteiger partial charge in [-0.1, -0.05) is 0 Å². The minimum absolute atomic E-state index is 0.243. The number of hydrogen-bond acceptors (Lipinski definition) is 4. The number of esters is 2. The number of carbonyl (C=O) groups excluding carboxylic acids is 2. The van der Waals surface area contributed by atoms with Crippen LogP contribution >= 0.6 is 0 Å². The number of carbonyl (C=O) groups is 2. The van der Waals surface area contributed by atoms with Crippen molar-refractivity contribution >= 4 is 22.8 Å². The number of aromatic nitrogens is 1. The maximum absolute atomic E-state index is 11.0. The van der Waals surface area contributed by atoms with Crippen LogP contribution in [0.2, 0.25) is 0 Å². The summed E-state index contributed by atoms with van der Waals surface area (Å²) in [6.45, 7) is 2.60. The van der Waals surface area contributed by atoms with Crippen LogP contribution < -0.4 is 9.47 Å². The molecule has 18 heavy (non-hydrogen) atoms. The first-order chi connectivity index (χ1) is 8.47. The second-order valence-corrected chi connectivity index (χ2v) is 3.97. The fraction of sp³-hybridized carbons (Fsp3) is 0.231. The number of benzene rings is 1. The molecule has 0 aliphatic carbocycles. The van der Waals surface area contributed by atoms with Gasteiger partial charge in [0.15, 0.2) is 11.5 Å². The lowest BCUT2D eigenvalue weighted by Gasteiger charge is -2.09. The molecule has 2 aromatic rings. The minimum atomic E-state index is -0.461. The molecule has 1 heterocycles. The molecule has 94 valence electrons. The summed E-state index contributed by atoms with van der Waals surface area (Å²) >= 11 is 0. The SMILES string of the molecule is CC(=O)Oc1cc2ccn(C)c2cc1OC(C)=O. The van der Waals surface area contributed by atoms with Crippen molar-refractivity contribution in [2.75, 3.05) is 0 Å². The van der Waals surface area contributed by atoms with Gasteiger partial charge in [0.25, 0.3) is 0 Å². The van der Waals surface area contributed by atoms with Crippen molar-refractivity contribution in [3.05, 3.63) is 24.4 Å². The fourth-order valence-electron chi connectivity index (χ4n) is 1.75. The van der Waals surface area contributed by atoms with E-state index in [0.717, 1.165) is 10.9 Å². The molecule has 0 atom stereocenters. The Morgan fingerprint density at radius 1 is 1.06 bits per heavy atom. The van der Waals surface area contributed by atoms with E-state index < -0.39 is 11.9 Å². The first-order valence-corrected chi connectivity index (χ1v) is 5.43. The summed E-state index contributed by atoms with van der Waals surface area (Å²) in [5, 5.41) is 0.907. The summed E-state index contributed by atoms with van der Waals surface area (Å²) in [5.41, 5.74) is 0.891. The van der Waals surface area contributed by atoms with E-state index in [4.69, 9.17) is 9.47 Å². The molecule has 1 aromatic heterocycles. The number of fused-ring (bicyclic) bond motifs is 1. The van der Waals surface area contributed by atoms with Crippen molar-refractivity contribution in [1.29, 1.82) is 0 Å². The molecule has 2 rings (SSSR count). The Labute approximate surface area is 104 Å². The van der Waals surface area contributed by atoms with Gasteiger partial charge in [-0.25, -0.2) is 0 Å². The van der Waals surface area contributed by atoms with Gasteiger partial charge in [0.2, 0.25) is 0 Å². The van der Waals surface area contributed by atoms with E-state index in [1.54, 1.807) is 12.1 Å². The van der Waals surface area contributed by atoms with Gasteiger partial charge in [0.05, 0.1) is 5.52 Å². The molecule has 1 aromatic carbocycles. The maximum atomic E-state index is 11.0. The lowest BCUT2D eigenvalue weighted by atomic mass is 10.2. The third-order valence-corrected chi connectivity index (χ3v) is 2.46. The Bertz CT molecular complexity index is 627. The smallest absolute Gasteiger partial charge is 0.308 e. The van der Waals surface area contributed by atoms with Gasteiger partial charge < -0.3 is 14.0 Å². The normalized spacial score (nSPS) is 10.4. The van der Waals surface area contributed by atoms with Crippen LogP contribution in [0.5, 0.6) is 11.5 Å². The van der Waals surface area contributed by atoms with E-state index >= 15 is 0 Å². The van der Waals surface area contributed by atoms with Crippen LogP contribution in [-0.4, -0.2) is 16.5 Å². The first-order valence-electron chi connectivity index (χ1n) is 5.43. The summed E-state index contributed by atoms with van der Waals surface area (Å²) in [7, 11) is 1.88. The Balaban J connectivity index is 2.56. The van der Waals surface area contributed by atoms with Crippen LogP contribution in [-0.2, 0) is 16.6 Å². The fourth-order valence-corrected chi connectivity index (χ4v) is 1.75. The van der Waals surface area contributed by atoms with Gasteiger partial charge in [0.1, 0.15) is 0 Å². The highest BCUT2D eigenvalue weighted by Crippen LogP contribution is 2.33. The lowest BCUT2D eigenvalue weighted by molar-refractivity contribution is -0.134. The van der Waals surface area contributed by atoms with E-state index in [9.17, 15) is 9.59 Å². The second kappa shape index (κ2) is 4.52. The highest BCUT2D eigenvalue weighted by molar-refractivity contribution is 5.86. The lowest BCUT2D eigenvalue weighted by Crippen LogP contribution is -2.07. The highest BCUT2D eigenvalue weighted by atomic mass is 16.6. The Morgan fingerprint density at radius 2 is 1.61 bits per heavy atom. The van der Waals surface area contributed by atoms with Gasteiger partial charge in [-0.3, -0.25) is 9.59 Å². The molecule has 0 amide bonds.